The number of hydrogen-bond acceptors (Lipinski definition) is 4. The molecule has 4 aromatic rings. The van der Waals surface area contributed by atoms with Crippen molar-refractivity contribution in [3.63, 3.8) is 0 Å². The van der Waals surface area contributed by atoms with Crippen molar-refractivity contribution in [3.05, 3.63) is 83.1 Å². The highest BCUT2D eigenvalue weighted by molar-refractivity contribution is 6.30. The molecule has 1 amide bonds. The number of aryl methyl sites for hydroxylation is 2. The Hall–Kier alpha value is -3.19. The van der Waals surface area contributed by atoms with Gasteiger partial charge in [0.2, 0.25) is 5.91 Å². The first-order valence-electron chi connectivity index (χ1n) is 12.5. The van der Waals surface area contributed by atoms with Crippen LogP contribution in [0.4, 0.5) is 0 Å². The molecule has 0 radical (unpaired) electrons. The highest BCUT2D eigenvalue weighted by Gasteiger charge is 2.17. The third-order valence-corrected chi connectivity index (χ3v) is 6.94. The van der Waals surface area contributed by atoms with Gasteiger partial charge in [0.25, 0.3) is 0 Å². The largest absolute Gasteiger partial charge is 0.379 e. The van der Waals surface area contributed by atoms with E-state index < -0.39 is 0 Å². The number of rotatable bonds is 8. The molecule has 1 fully saturated rings. The summed E-state index contributed by atoms with van der Waals surface area (Å²) in [4.78, 5) is 20.0. The van der Waals surface area contributed by atoms with Crippen LogP contribution in [0.3, 0.4) is 0 Å². The van der Waals surface area contributed by atoms with Crippen LogP contribution in [-0.2, 0) is 16.0 Å². The molecule has 2 aromatic heterocycles. The van der Waals surface area contributed by atoms with Crippen molar-refractivity contribution in [2.45, 2.75) is 19.8 Å². The molecule has 0 atom stereocenters. The number of imidazole rings is 1. The molecule has 36 heavy (non-hydrogen) atoms. The molecule has 5 rings (SSSR count). The summed E-state index contributed by atoms with van der Waals surface area (Å²) >= 11 is 6.19. The summed E-state index contributed by atoms with van der Waals surface area (Å²) in [6.45, 7) is 6.95. The van der Waals surface area contributed by atoms with E-state index in [-0.39, 0.29) is 5.91 Å². The first kappa shape index (κ1) is 24.5. The monoisotopic (exact) mass is 502 g/mol. The molecule has 1 aliphatic rings. The zero-order valence-electron chi connectivity index (χ0n) is 20.5. The van der Waals surface area contributed by atoms with Crippen molar-refractivity contribution in [3.8, 4) is 22.4 Å². The number of amides is 1. The van der Waals surface area contributed by atoms with Crippen LogP contribution in [0.2, 0.25) is 5.02 Å². The van der Waals surface area contributed by atoms with E-state index in [1.54, 1.807) is 0 Å². The lowest BCUT2D eigenvalue weighted by Gasteiger charge is -2.26. The van der Waals surface area contributed by atoms with Crippen LogP contribution in [0.5, 0.6) is 0 Å². The number of nitrogens with one attached hydrogen (secondary N) is 1. The molecule has 3 heterocycles. The Morgan fingerprint density at radius 1 is 1.06 bits per heavy atom. The minimum absolute atomic E-state index is 0.0573. The SMILES string of the molecule is Cc1cc(Cl)ccc1-c1ccc2nc(-c3ccccc3)c(CCC(=O)NCCN3CCOCC3)n2c1. The fourth-order valence-corrected chi connectivity index (χ4v) is 4.99. The Morgan fingerprint density at radius 3 is 2.64 bits per heavy atom. The second-order valence-corrected chi connectivity index (χ2v) is 9.62. The van der Waals surface area contributed by atoms with Gasteiger partial charge in [0, 0.05) is 49.4 Å². The molecule has 1 aliphatic heterocycles. The van der Waals surface area contributed by atoms with Gasteiger partial charge in [0.1, 0.15) is 5.65 Å². The zero-order chi connectivity index (χ0) is 24.9. The maximum Gasteiger partial charge on any atom is 0.220 e. The number of morpholine rings is 1. The first-order valence-corrected chi connectivity index (χ1v) is 12.9. The fourth-order valence-electron chi connectivity index (χ4n) is 4.77. The average Bonchev–Trinajstić information content (AvgIpc) is 3.26. The number of carbonyl (C=O) groups is 1. The van der Waals surface area contributed by atoms with Crippen molar-refractivity contribution < 1.29 is 9.53 Å². The predicted octanol–water partition coefficient (Wildman–Crippen LogP) is 5.01. The molecule has 2 aromatic carbocycles. The number of benzene rings is 2. The molecule has 6 nitrogen and oxygen atoms in total. The topological polar surface area (TPSA) is 58.9 Å². The van der Waals surface area contributed by atoms with Gasteiger partial charge >= 0.3 is 0 Å². The van der Waals surface area contributed by atoms with E-state index in [0.717, 1.165) is 77.2 Å². The number of nitrogens with zero attached hydrogens (tertiary/aromatic N) is 3. The van der Waals surface area contributed by atoms with E-state index in [1.165, 1.54) is 0 Å². The molecular formula is C29H31ClN4O2. The van der Waals surface area contributed by atoms with Crippen LogP contribution in [0.15, 0.2) is 66.9 Å². The van der Waals surface area contributed by atoms with Gasteiger partial charge in [-0.25, -0.2) is 4.98 Å². The molecule has 0 spiro atoms. The highest BCUT2D eigenvalue weighted by Crippen LogP contribution is 2.30. The van der Waals surface area contributed by atoms with Crippen molar-refractivity contribution in [2.75, 3.05) is 39.4 Å². The van der Waals surface area contributed by atoms with E-state index in [4.69, 9.17) is 21.3 Å². The van der Waals surface area contributed by atoms with Crippen LogP contribution in [0, 0.1) is 6.92 Å². The first-order chi connectivity index (χ1) is 17.6. The molecule has 0 saturated carbocycles. The van der Waals surface area contributed by atoms with Crippen molar-refractivity contribution in [1.29, 1.82) is 0 Å². The fraction of sp³-hybridized carbons (Fsp3) is 0.310. The lowest BCUT2D eigenvalue weighted by molar-refractivity contribution is -0.121. The number of halogens is 1. The van der Waals surface area contributed by atoms with Crippen LogP contribution >= 0.6 is 11.6 Å². The van der Waals surface area contributed by atoms with Crippen LogP contribution < -0.4 is 5.32 Å². The lowest BCUT2D eigenvalue weighted by Crippen LogP contribution is -2.41. The third-order valence-electron chi connectivity index (χ3n) is 6.71. The van der Waals surface area contributed by atoms with E-state index in [1.807, 2.05) is 36.4 Å². The van der Waals surface area contributed by atoms with Crippen molar-refractivity contribution in [2.24, 2.45) is 0 Å². The number of aromatic nitrogens is 2. The maximum atomic E-state index is 12.7. The molecule has 186 valence electrons. The average molecular weight is 503 g/mol. The van der Waals surface area contributed by atoms with Gasteiger partial charge in [-0.15, -0.1) is 0 Å². The minimum Gasteiger partial charge on any atom is -0.379 e. The Morgan fingerprint density at radius 2 is 1.86 bits per heavy atom. The van der Waals surface area contributed by atoms with E-state index in [9.17, 15) is 4.79 Å². The summed E-state index contributed by atoms with van der Waals surface area (Å²) in [5.41, 5.74) is 7.20. The van der Waals surface area contributed by atoms with Gasteiger partial charge < -0.3 is 14.5 Å². The Bertz CT molecular complexity index is 1350. The molecule has 0 aliphatic carbocycles. The van der Waals surface area contributed by atoms with Gasteiger partial charge in [-0.1, -0.05) is 48.0 Å². The maximum absolute atomic E-state index is 12.7. The molecule has 0 bridgehead atoms. The van der Waals surface area contributed by atoms with E-state index >= 15 is 0 Å². The van der Waals surface area contributed by atoms with E-state index in [2.05, 4.69) is 52.0 Å². The predicted molar refractivity (Wildman–Crippen MR) is 144 cm³/mol. The van der Waals surface area contributed by atoms with E-state index in [0.29, 0.717) is 19.4 Å². The second-order valence-electron chi connectivity index (χ2n) is 9.18. The number of fused-ring (bicyclic) bond motifs is 1. The van der Waals surface area contributed by atoms with Gasteiger partial charge in [-0.3, -0.25) is 9.69 Å². The smallest absolute Gasteiger partial charge is 0.220 e. The Balaban J connectivity index is 1.39. The number of pyridine rings is 1. The Kier molecular flexibility index (Phi) is 7.66. The van der Waals surface area contributed by atoms with Crippen LogP contribution in [0.1, 0.15) is 17.7 Å². The molecule has 0 unspecified atom stereocenters. The number of hydrogen-bond donors (Lipinski definition) is 1. The van der Waals surface area contributed by atoms with Crippen molar-refractivity contribution in [1.82, 2.24) is 19.6 Å². The molecule has 7 heteroatoms. The minimum atomic E-state index is 0.0573. The quantitative estimate of drug-likeness (QED) is 0.368. The molecule has 1 saturated heterocycles. The summed E-state index contributed by atoms with van der Waals surface area (Å²) in [5, 5.41) is 3.81. The lowest BCUT2D eigenvalue weighted by atomic mass is 10.0. The molecule has 1 N–H and O–H groups in total. The zero-order valence-corrected chi connectivity index (χ0v) is 21.3. The van der Waals surface area contributed by atoms with Gasteiger partial charge in [-0.05, 0) is 54.3 Å². The normalized spacial score (nSPS) is 14.3. The number of carbonyl (C=O) groups excluding carboxylic acids is 1. The third kappa shape index (κ3) is 5.62. The summed E-state index contributed by atoms with van der Waals surface area (Å²) < 4.78 is 7.53. The number of ether oxygens (including phenoxy) is 1. The summed E-state index contributed by atoms with van der Waals surface area (Å²) in [5.74, 6) is 0.0573. The van der Waals surface area contributed by atoms with Crippen LogP contribution in [0.25, 0.3) is 28.0 Å². The van der Waals surface area contributed by atoms with Gasteiger partial charge in [0.05, 0.1) is 24.6 Å². The second kappa shape index (κ2) is 11.2. The van der Waals surface area contributed by atoms with Crippen molar-refractivity contribution >= 4 is 23.2 Å². The Labute approximate surface area is 216 Å². The highest BCUT2D eigenvalue weighted by atomic mass is 35.5. The van der Waals surface area contributed by atoms with Crippen LogP contribution in [-0.4, -0.2) is 59.6 Å². The standard InChI is InChI=1S/C29H31ClN4O2/c1-21-19-24(30)8-9-25(21)23-7-11-27-32-29(22-5-3-2-4-6-22)26(34(27)20-23)10-12-28(35)31-13-14-33-15-17-36-18-16-33/h2-9,11,19-20H,10,12-18H2,1H3,(H,31,35). The summed E-state index contributed by atoms with van der Waals surface area (Å²) in [6.07, 6.45) is 3.12. The summed E-state index contributed by atoms with van der Waals surface area (Å²) in [6, 6.07) is 20.3. The van der Waals surface area contributed by atoms with Gasteiger partial charge in [0.15, 0.2) is 0 Å². The van der Waals surface area contributed by atoms with Gasteiger partial charge in [-0.2, -0.15) is 0 Å². The summed E-state index contributed by atoms with van der Waals surface area (Å²) in [7, 11) is 0. The molecular weight excluding hydrogens is 472 g/mol.